The molecule has 1 aliphatic rings. The van der Waals surface area contributed by atoms with Crippen LogP contribution < -0.4 is 5.32 Å². The van der Waals surface area contributed by atoms with E-state index >= 15 is 0 Å². The molecular weight excluding hydrogens is 392 g/mol. The average Bonchev–Trinajstić information content (AvgIpc) is 3.27. The molecule has 2 amide bonds. The van der Waals surface area contributed by atoms with Gasteiger partial charge in [0, 0.05) is 31.4 Å². The van der Waals surface area contributed by atoms with Crippen LogP contribution in [0, 0.1) is 0 Å². The van der Waals surface area contributed by atoms with Gasteiger partial charge in [-0.3, -0.25) is 14.6 Å². The Balaban J connectivity index is 1.54. The van der Waals surface area contributed by atoms with Crippen LogP contribution in [0.1, 0.15) is 51.7 Å². The van der Waals surface area contributed by atoms with E-state index in [9.17, 15) is 9.59 Å². The number of amides is 2. The SMILES string of the molecule is CNC(=O)c1cnn2c([C@H]3CCCCN3C(=O)c3cnc4ccccc4c3)ccnc12. The summed E-state index contributed by atoms with van der Waals surface area (Å²) in [5.74, 6) is -0.287. The molecule has 0 aliphatic carbocycles. The number of pyridine rings is 1. The minimum atomic E-state index is -0.238. The van der Waals surface area contributed by atoms with Crippen molar-refractivity contribution in [3.05, 3.63) is 71.8 Å². The quantitative estimate of drug-likeness (QED) is 0.556. The number of hydrogen-bond donors (Lipinski definition) is 1. The smallest absolute Gasteiger partial charge is 0.256 e. The Bertz CT molecular complexity index is 1300. The van der Waals surface area contributed by atoms with Gasteiger partial charge in [0.1, 0.15) is 5.56 Å². The molecule has 0 spiro atoms. The molecule has 156 valence electrons. The number of hydrogen-bond acceptors (Lipinski definition) is 5. The number of carbonyl (C=O) groups excluding carboxylic acids is 2. The predicted octanol–water partition coefficient (Wildman–Crippen LogP) is 3.00. The van der Waals surface area contributed by atoms with Gasteiger partial charge in [0.15, 0.2) is 5.65 Å². The van der Waals surface area contributed by atoms with Gasteiger partial charge in [-0.2, -0.15) is 5.10 Å². The molecule has 0 saturated carbocycles. The van der Waals surface area contributed by atoms with Gasteiger partial charge in [-0.15, -0.1) is 0 Å². The number of carbonyl (C=O) groups is 2. The third-order valence-corrected chi connectivity index (χ3v) is 5.84. The van der Waals surface area contributed by atoms with E-state index in [1.165, 1.54) is 6.20 Å². The lowest BCUT2D eigenvalue weighted by atomic mass is 9.97. The first kappa shape index (κ1) is 19.2. The molecule has 1 atom stereocenters. The van der Waals surface area contributed by atoms with Gasteiger partial charge >= 0.3 is 0 Å². The van der Waals surface area contributed by atoms with Gasteiger partial charge in [0.2, 0.25) is 0 Å². The molecule has 1 aromatic carbocycles. The van der Waals surface area contributed by atoms with Crippen molar-refractivity contribution in [2.75, 3.05) is 13.6 Å². The zero-order valence-corrected chi connectivity index (χ0v) is 17.2. The summed E-state index contributed by atoms with van der Waals surface area (Å²) < 4.78 is 1.68. The maximum Gasteiger partial charge on any atom is 0.256 e. The Morgan fingerprint density at radius 1 is 1.10 bits per heavy atom. The van der Waals surface area contributed by atoms with Crippen molar-refractivity contribution in [2.24, 2.45) is 0 Å². The minimum Gasteiger partial charge on any atom is -0.355 e. The monoisotopic (exact) mass is 414 g/mol. The third-order valence-electron chi connectivity index (χ3n) is 5.84. The first-order valence-electron chi connectivity index (χ1n) is 10.4. The Hall–Kier alpha value is -3.81. The van der Waals surface area contributed by atoms with E-state index in [1.807, 2.05) is 41.3 Å². The van der Waals surface area contributed by atoms with Gasteiger partial charge in [0.25, 0.3) is 11.8 Å². The lowest BCUT2D eigenvalue weighted by Gasteiger charge is -2.36. The molecule has 1 saturated heterocycles. The summed E-state index contributed by atoms with van der Waals surface area (Å²) in [5.41, 5.74) is 3.19. The van der Waals surface area contributed by atoms with Crippen LogP contribution in [-0.2, 0) is 0 Å². The summed E-state index contributed by atoms with van der Waals surface area (Å²) in [4.78, 5) is 36.4. The fourth-order valence-corrected chi connectivity index (χ4v) is 4.29. The molecule has 8 nitrogen and oxygen atoms in total. The van der Waals surface area contributed by atoms with E-state index in [2.05, 4.69) is 20.4 Å². The van der Waals surface area contributed by atoms with Gasteiger partial charge in [-0.25, -0.2) is 9.50 Å². The standard InChI is InChI=1S/C23H22N6O2/c1-24-22(30)17-14-27-29-20(9-10-25-21(17)29)19-8-4-5-11-28(19)23(31)16-12-15-6-2-3-7-18(15)26-13-16/h2-3,6-7,9-10,12-14,19H,4-5,8,11H2,1H3,(H,24,30)/t19-/m1/s1. The molecule has 5 rings (SSSR count). The number of para-hydroxylation sites is 1. The second-order valence-electron chi connectivity index (χ2n) is 7.67. The summed E-state index contributed by atoms with van der Waals surface area (Å²) in [6.07, 6.45) is 7.62. The number of nitrogens with one attached hydrogen (secondary N) is 1. The Labute approximate surface area is 178 Å². The van der Waals surface area contributed by atoms with Gasteiger partial charge in [0.05, 0.1) is 29.0 Å². The fourth-order valence-electron chi connectivity index (χ4n) is 4.29. The van der Waals surface area contributed by atoms with Crippen molar-refractivity contribution in [1.82, 2.24) is 29.8 Å². The van der Waals surface area contributed by atoms with Crippen LogP contribution in [0.3, 0.4) is 0 Å². The molecular formula is C23H22N6O2. The number of likely N-dealkylation sites (tertiary alicyclic amines) is 1. The highest BCUT2D eigenvalue weighted by molar-refractivity contribution is 5.99. The molecule has 4 aromatic rings. The molecule has 0 radical (unpaired) electrons. The van der Waals surface area contributed by atoms with E-state index < -0.39 is 0 Å². The van der Waals surface area contributed by atoms with Crippen molar-refractivity contribution in [2.45, 2.75) is 25.3 Å². The molecule has 0 bridgehead atoms. The number of nitrogens with zero attached hydrogens (tertiary/aromatic N) is 5. The highest BCUT2D eigenvalue weighted by Crippen LogP contribution is 2.32. The van der Waals surface area contributed by atoms with E-state index in [0.29, 0.717) is 23.3 Å². The lowest BCUT2D eigenvalue weighted by molar-refractivity contribution is 0.0602. The zero-order chi connectivity index (χ0) is 21.4. The lowest BCUT2D eigenvalue weighted by Crippen LogP contribution is -2.39. The number of benzene rings is 1. The third kappa shape index (κ3) is 3.30. The molecule has 3 aromatic heterocycles. The second kappa shape index (κ2) is 7.79. The van der Waals surface area contributed by atoms with Crippen molar-refractivity contribution >= 4 is 28.4 Å². The van der Waals surface area contributed by atoms with Gasteiger partial charge < -0.3 is 10.2 Å². The van der Waals surface area contributed by atoms with Crippen LogP contribution in [0.2, 0.25) is 0 Å². The molecule has 8 heteroatoms. The van der Waals surface area contributed by atoms with E-state index in [0.717, 1.165) is 35.9 Å². The van der Waals surface area contributed by atoms with Gasteiger partial charge in [-0.1, -0.05) is 18.2 Å². The number of aromatic nitrogens is 4. The summed E-state index contributed by atoms with van der Waals surface area (Å²) in [5, 5.41) is 7.97. The van der Waals surface area contributed by atoms with Gasteiger partial charge in [-0.05, 0) is 37.5 Å². The second-order valence-corrected chi connectivity index (χ2v) is 7.67. The first-order chi connectivity index (χ1) is 15.2. The van der Waals surface area contributed by atoms with E-state index in [-0.39, 0.29) is 17.9 Å². The van der Waals surface area contributed by atoms with Crippen molar-refractivity contribution in [3.8, 4) is 0 Å². The zero-order valence-electron chi connectivity index (χ0n) is 17.2. The molecule has 0 unspecified atom stereocenters. The van der Waals surface area contributed by atoms with Crippen LogP contribution in [0.4, 0.5) is 0 Å². The normalized spacial score (nSPS) is 16.5. The summed E-state index contributed by atoms with van der Waals surface area (Å²) in [7, 11) is 1.58. The molecule has 4 heterocycles. The number of rotatable bonds is 3. The van der Waals surface area contributed by atoms with Crippen molar-refractivity contribution in [1.29, 1.82) is 0 Å². The van der Waals surface area contributed by atoms with E-state index in [4.69, 9.17) is 0 Å². The molecule has 1 fully saturated rings. The maximum absolute atomic E-state index is 13.5. The fraction of sp³-hybridized carbons (Fsp3) is 0.261. The average molecular weight is 414 g/mol. The summed E-state index contributed by atoms with van der Waals surface area (Å²) in [6.45, 7) is 0.656. The summed E-state index contributed by atoms with van der Waals surface area (Å²) in [6, 6.07) is 11.4. The van der Waals surface area contributed by atoms with Crippen molar-refractivity contribution in [3.63, 3.8) is 0 Å². The highest BCUT2D eigenvalue weighted by Gasteiger charge is 2.31. The predicted molar refractivity (Wildman–Crippen MR) is 116 cm³/mol. The largest absolute Gasteiger partial charge is 0.355 e. The molecule has 1 aliphatic heterocycles. The Morgan fingerprint density at radius 2 is 1.97 bits per heavy atom. The van der Waals surface area contributed by atoms with Crippen LogP contribution in [0.5, 0.6) is 0 Å². The maximum atomic E-state index is 13.5. The molecule has 31 heavy (non-hydrogen) atoms. The number of fused-ring (bicyclic) bond motifs is 2. The molecule has 1 N–H and O–H groups in total. The van der Waals surface area contributed by atoms with E-state index in [1.54, 1.807) is 24.0 Å². The summed E-state index contributed by atoms with van der Waals surface area (Å²) >= 11 is 0. The minimum absolute atomic E-state index is 0.0494. The van der Waals surface area contributed by atoms with Crippen molar-refractivity contribution < 1.29 is 9.59 Å². The Morgan fingerprint density at radius 3 is 2.84 bits per heavy atom. The first-order valence-corrected chi connectivity index (χ1v) is 10.4. The Kier molecular flexibility index (Phi) is 4.82. The van der Waals surface area contributed by atoms with Crippen LogP contribution in [0.25, 0.3) is 16.6 Å². The van der Waals surface area contributed by atoms with Crippen LogP contribution >= 0.6 is 0 Å². The van der Waals surface area contributed by atoms with Crippen LogP contribution in [0.15, 0.2) is 55.0 Å². The number of piperidine rings is 1. The topological polar surface area (TPSA) is 92.5 Å². The highest BCUT2D eigenvalue weighted by atomic mass is 16.2. The van der Waals surface area contributed by atoms with Crippen LogP contribution in [-0.4, -0.2) is 49.9 Å².